The fourth-order valence-electron chi connectivity index (χ4n) is 1.88. The normalized spacial score (nSPS) is 10.3. The molecule has 2 heterocycles. The third kappa shape index (κ3) is 2.80. The van der Waals surface area contributed by atoms with Crippen molar-refractivity contribution in [2.45, 2.75) is 13.8 Å². The summed E-state index contributed by atoms with van der Waals surface area (Å²) in [6.45, 7) is 4.27. The van der Waals surface area contributed by atoms with Gasteiger partial charge in [0.25, 0.3) is 0 Å². The Morgan fingerprint density at radius 3 is 3.00 bits per heavy atom. The van der Waals surface area contributed by atoms with Gasteiger partial charge in [-0.15, -0.1) is 0 Å². The highest BCUT2D eigenvalue weighted by Gasteiger charge is 2.17. The van der Waals surface area contributed by atoms with E-state index in [-0.39, 0.29) is 0 Å². The molecule has 0 atom stereocenters. The van der Waals surface area contributed by atoms with Gasteiger partial charge >= 0.3 is 5.97 Å². The predicted molar refractivity (Wildman–Crippen MR) is 74.4 cm³/mol. The summed E-state index contributed by atoms with van der Waals surface area (Å²) in [6.07, 6.45) is 3.43. The van der Waals surface area contributed by atoms with Crippen LogP contribution in [0.25, 0.3) is 11.1 Å². The first-order chi connectivity index (χ1) is 9.67. The van der Waals surface area contributed by atoms with Gasteiger partial charge in [0.05, 0.1) is 7.11 Å². The Kier molecular flexibility index (Phi) is 4.37. The van der Waals surface area contributed by atoms with Crippen LogP contribution < -0.4 is 10.2 Å². The number of hydrogen-bond acceptors (Lipinski definition) is 5. The molecule has 0 unspecified atom stereocenters. The lowest BCUT2D eigenvalue weighted by Gasteiger charge is -2.05. The molecule has 106 valence electrons. The first-order valence-corrected chi connectivity index (χ1v) is 6.29. The molecule has 20 heavy (non-hydrogen) atoms. The molecule has 2 rings (SSSR count). The minimum Gasteiger partial charge on any atom is -0.481 e. The molecule has 6 nitrogen and oxygen atoms in total. The molecule has 0 saturated heterocycles. The van der Waals surface area contributed by atoms with Crippen molar-refractivity contribution in [1.82, 2.24) is 15.4 Å². The number of nitrogens with zero attached hydrogens (tertiary/aromatic N) is 1. The lowest BCUT2D eigenvalue weighted by Crippen LogP contribution is -2.20. The largest absolute Gasteiger partial charge is 0.481 e. The van der Waals surface area contributed by atoms with Gasteiger partial charge in [0.15, 0.2) is 0 Å². The molecule has 2 aromatic heterocycles. The van der Waals surface area contributed by atoms with Crippen LogP contribution in [0, 0.1) is 6.92 Å². The number of rotatable bonds is 5. The maximum atomic E-state index is 11.8. The van der Waals surface area contributed by atoms with Gasteiger partial charge in [0, 0.05) is 30.6 Å². The molecule has 0 aromatic carbocycles. The number of pyridine rings is 1. The molecule has 0 aliphatic heterocycles. The Morgan fingerprint density at radius 1 is 1.50 bits per heavy atom. The minimum absolute atomic E-state index is 0.428. The van der Waals surface area contributed by atoms with Crippen molar-refractivity contribution in [1.29, 1.82) is 0 Å². The highest BCUT2D eigenvalue weighted by atomic mass is 16.7. The van der Waals surface area contributed by atoms with Crippen LogP contribution in [0.3, 0.4) is 0 Å². The molecule has 0 radical (unpaired) electrons. The second-order valence-corrected chi connectivity index (χ2v) is 4.18. The maximum Gasteiger partial charge on any atom is 0.373 e. The number of ether oxygens (including phenoxy) is 1. The number of carbonyl (C=O) groups is 1. The van der Waals surface area contributed by atoms with Crippen molar-refractivity contribution < 1.29 is 14.4 Å². The van der Waals surface area contributed by atoms with Crippen LogP contribution in [0.5, 0.6) is 5.88 Å². The van der Waals surface area contributed by atoms with Crippen molar-refractivity contribution in [2.24, 2.45) is 0 Å². The van der Waals surface area contributed by atoms with E-state index in [0.717, 1.165) is 16.7 Å². The van der Waals surface area contributed by atoms with Gasteiger partial charge in [0.1, 0.15) is 5.69 Å². The Hall–Kier alpha value is -2.34. The minimum atomic E-state index is -0.434. The van der Waals surface area contributed by atoms with Crippen LogP contribution in [0.15, 0.2) is 24.5 Å². The lowest BCUT2D eigenvalue weighted by atomic mass is 10.1. The number of H-pyrrole nitrogens is 1. The Bertz CT molecular complexity index is 607. The van der Waals surface area contributed by atoms with Crippen LogP contribution in [-0.2, 0) is 4.84 Å². The number of nitrogens with one attached hydrogen (secondary N) is 2. The van der Waals surface area contributed by atoms with Gasteiger partial charge in [-0.05, 0) is 31.0 Å². The first-order valence-electron chi connectivity index (χ1n) is 6.29. The number of hydrogen-bond donors (Lipinski definition) is 2. The van der Waals surface area contributed by atoms with Gasteiger partial charge in [0.2, 0.25) is 5.88 Å². The molecule has 6 heteroatoms. The number of carbonyl (C=O) groups excluding carboxylic acids is 1. The zero-order valence-corrected chi connectivity index (χ0v) is 11.7. The number of aromatic nitrogens is 2. The number of hydroxylamine groups is 1. The van der Waals surface area contributed by atoms with E-state index in [4.69, 9.17) is 9.57 Å². The summed E-state index contributed by atoms with van der Waals surface area (Å²) >= 11 is 0. The molecular weight excluding hydrogens is 258 g/mol. The average Bonchev–Trinajstić information content (AvgIpc) is 2.86. The van der Waals surface area contributed by atoms with E-state index < -0.39 is 5.97 Å². The van der Waals surface area contributed by atoms with E-state index in [1.807, 2.05) is 26.0 Å². The molecule has 0 bridgehead atoms. The Labute approximate surface area is 117 Å². The summed E-state index contributed by atoms with van der Waals surface area (Å²) in [5.41, 5.74) is 5.62. The van der Waals surface area contributed by atoms with Gasteiger partial charge in [-0.2, -0.15) is 5.48 Å². The van der Waals surface area contributed by atoms with Gasteiger partial charge < -0.3 is 14.6 Å². The second kappa shape index (κ2) is 6.21. The van der Waals surface area contributed by atoms with Crippen LogP contribution >= 0.6 is 0 Å². The first kappa shape index (κ1) is 14.1. The fourth-order valence-corrected chi connectivity index (χ4v) is 1.88. The third-order valence-electron chi connectivity index (χ3n) is 2.91. The van der Waals surface area contributed by atoms with E-state index in [2.05, 4.69) is 15.4 Å². The standard InChI is InChI=1S/C14H17N3O3/c1-4-17-20-14(18)13-9(2)11(8-16-13)10-5-6-15-12(7-10)19-3/h5-8,16-17H,4H2,1-3H3. The molecular formula is C14H17N3O3. The van der Waals surface area contributed by atoms with E-state index in [9.17, 15) is 4.79 Å². The van der Waals surface area contributed by atoms with Crippen molar-refractivity contribution in [3.63, 3.8) is 0 Å². The van der Waals surface area contributed by atoms with Crippen molar-refractivity contribution in [3.8, 4) is 17.0 Å². The lowest BCUT2D eigenvalue weighted by molar-refractivity contribution is 0.0258. The Morgan fingerprint density at radius 2 is 2.30 bits per heavy atom. The molecule has 0 spiro atoms. The van der Waals surface area contributed by atoms with E-state index in [1.54, 1.807) is 19.5 Å². The van der Waals surface area contributed by atoms with Crippen molar-refractivity contribution in [3.05, 3.63) is 35.8 Å². The highest BCUT2D eigenvalue weighted by molar-refractivity contribution is 5.91. The smallest absolute Gasteiger partial charge is 0.373 e. The second-order valence-electron chi connectivity index (χ2n) is 4.18. The predicted octanol–water partition coefficient (Wildman–Crippen LogP) is 2.08. The summed E-state index contributed by atoms with van der Waals surface area (Å²) in [5, 5.41) is 0. The monoisotopic (exact) mass is 275 g/mol. The summed E-state index contributed by atoms with van der Waals surface area (Å²) in [5.74, 6) is 0.0940. The quantitative estimate of drug-likeness (QED) is 0.817. The van der Waals surface area contributed by atoms with Gasteiger partial charge in [-0.25, -0.2) is 9.78 Å². The van der Waals surface area contributed by atoms with Crippen LogP contribution in [0.4, 0.5) is 0 Å². The topological polar surface area (TPSA) is 76.2 Å². The molecule has 0 aliphatic rings. The maximum absolute atomic E-state index is 11.8. The van der Waals surface area contributed by atoms with Gasteiger partial charge in [-0.3, -0.25) is 0 Å². The van der Waals surface area contributed by atoms with E-state index in [1.165, 1.54) is 0 Å². The summed E-state index contributed by atoms with van der Waals surface area (Å²) in [4.78, 5) is 23.7. The summed E-state index contributed by atoms with van der Waals surface area (Å²) in [6, 6.07) is 3.67. The molecule has 0 aliphatic carbocycles. The van der Waals surface area contributed by atoms with Crippen LogP contribution in [-0.4, -0.2) is 29.6 Å². The van der Waals surface area contributed by atoms with E-state index >= 15 is 0 Å². The molecule has 2 N–H and O–H groups in total. The molecule has 0 fully saturated rings. The van der Waals surface area contributed by atoms with Gasteiger partial charge in [-0.1, -0.05) is 0 Å². The van der Waals surface area contributed by atoms with Crippen LogP contribution in [0.1, 0.15) is 23.0 Å². The molecule has 0 saturated carbocycles. The highest BCUT2D eigenvalue weighted by Crippen LogP contribution is 2.27. The average molecular weight is 275 g/mol. The van der Waals surface area contributed by atoms with Crippen molar-refractivity contribution >= 4 is 5.97 Å². The SMILES string of the molecule is CCNOC(=O)c1[nH]cc(-c2ccnc(OC)c2)c1C. The molecule has 2 aromatic rings. The summed E-state index contributed by atoms with van der Waals surface area (Å²) < 4.78 is 5.10. The number of aromatic amines is 1. The zero-order chi connectivity index (χ0) is 14.5. The number of methoxy groups -OCH3 is 1. The Balaban J connectivity index is 2.30. The van der Waals surface area contributed by atoms with Crippen LogP contribution in [0.2, 0.25) is 0 Å². The van der Waals surface area contributed by atoms with Crippen molar-refractivity contribution in [2.75, 3.05) is 13.7 Å². The third-order valence-corrected chi connectivity index (χ3v) is 2.91. The summed E-state index contributed by atoms with van der Waals surface area (Å²) in [7, 11) is 1.56. The molecule has 0 amide bonds. The fraction of sp³-hybridized carbons (Fsp3) is 0.286. The zero-order valence-electron chi connectivity index (χ0n) is 11.7. The van der Waals surface area contributed by atoms with E-state index in [0.29, 0.717) is 18.1 Å².